The quantitative estimate of drug-likeness (QED) is 0.165. The second-order valence-corrected chi connectivity index (χ2v) is 14.7. The van der Waals surface area contributed by atoms with Crippen molar-refractivity contribution in [1.29, 1.82) is 0 Å². The number of rotatable bonds is 5. The predicted molar refractivity (Wildman–Crippen MR) is 232 cm³/mol. The molecule has 0 spiro atoms. The van der Waals surface area contributed by atoms with E-state index < -0.39 is 5.41 Å². The molecular weight excluding hydrogens is 681 g/mol. The summed E-state index contributed by atoms with van der Waals surface area (Å²) in [5.41, 5.74) is 8.54. The van der Waals surface area contributed by atoms with E-state index in [1.165, 1.54) is 54.6 Å². The molecule has 1 aliphatic rings. The molecule has 0 N–H and O–H groups in total. The lowest BCUT2D eigenvalue weighted by Crippen LogP contribution is -2.35. The Morgan fingerprint density at radius 3 is 1.05 bits per heavy atom. The third-order valence-electron chi connectivity index (χ3n) is 11.9. The Bertz CT molecular complexity index is 2980. The second-order valence-electron chi connectivity index (χ2n) is 14.7. The minimum atomic E-state index is -0.788. The van der Waals surface area contributed by atoms with Crippen molar-refractivity contribution in [2.24, 2.45) is 0 Å². The molecule has 0 fully saturated rings. The van der Waals surface area contributed by atoms with Crippen LogP contribution in [0.1, 0.15) is 22.3 Å². The van der Waals surface area contributed by atoms with Gasteiger partial charge in [-0.25, -0.2) is 0 Å². The molecule has 0 bridgehead atoms. The van der Waals surface area contributed by atoms with Crippen molar-refractivity contribution in [3.8, 4) is 39.5 Å². The summed E-state index contributed by atoms with van der Waals surface area (Å²) in [7, 11) is 1.71. The van der Waals surface area contributed by atoms with E-state index in [1.54, 1.807) is 7.11 Å². The van der Waals surface area contributed by atoms with Crippen LogP contribution in [0, 0.1) is 0 Å². The van der Waals surface area contributed by atoms with Crippen LogP contribution in [-0.2, 0) is 5.41 Å². The van der Waals surface area contributed by atoms with E-state index in [2.05, 4.69) is 188 Å². The second kappa shape index (κ2) is 12.7. The van der Waals surface area contributed by atoms with E-state index in [-0.39, 0.29) is 0 Å². The Morgan fingerprint density at radius 2 is 0.643 bits per heavy atom. The van der Waals surface area contributed by atoms with Gasteiger partial charge in [0.25, 0.3) is 0 Å². The molecule has 0 atom stereocenters. The standard InChI is InChI=1S/C54H36O2/c1-55-41-33-27-38(28-34-41)37-25-31-40(32-26-37)54(39-29-23-36(24-30-39)35-13-3-2-4-14-35)50-46-19-9-5-15-42(46)44-17-7-11-21-48(44)52(50)56-53-49-22-12-8-18-45(49)43-16-6-10-20-47(43)51(53)54/h2-34H,1H3. The van der Waals surface area contributed by atoms with Gasteiger partial charge in [0.2, 0.25) is 0 Å². The van der Waals surface area contributed by atoms with Crippen LogP contribution in [0.5, 0.6) is 17.2 Å². The summed E-state index contributed by atoms with van der Waals surface area (Å²) >= 11 is 0. The first-order valence-corrected chi connectivity index (χ1v) is 19.2. The van der Waals surface area contributed by atoms with Gasteiger partial charge in [-0.1, -0.05) is 188 Å². The number of hydrogen-bond donors (Lipinski definition) is 0. The van der Waals surface area contributed by atoms with Crippen LogP contribution in [0.4, 0.5) is 0 Å². The minimum absolute atomic E-state index is 0.788. The summed E-state index contributed by atoms with van der Waals surface area (Å²) in [4.78, 5) is 0. The highest BCUT2D eigenvalue weighted by Gasteiger charge is 2.49. The zero-order valence-electron chi connectivity index (χ0n) is 30.9. The maximum atomic E-state index is 7.51. The molecule has 0 unspecified atom stereocenters. The van der Waals surface area contributed by atoms with Crippen molar-refractivity contribution in [3.05, 3.63) is 222 Å². The van der Waals surface area contributed by atoms with E-state index in [1.807, 2.05) is 12.1 Å². The molecule has 0 saturated carbocycles. The lowest BCUT2D eigenvalue weighted by molar-refractivity contribution is 0.415. The highest BCUT2D eigenvalue weighted by molar-refractivity contribution is 6.18. The summed E-state index contributed by atoms with van der Waals surface area (Å²) in [6.45, 7) is 0. The first-order chi connectivity index (χ1) is 27.7. The van der Waals surface area contributed by atoms with Gasteiger partial charge in [-0.15, -0.1) is 0 Å². The minimum Gasteiger partial charge on any atom is -0.497 e. The van der Waals surface area contributed by atoms with Gasteiger partial charge in [0.05, 0.1) is 12.5 Å². The fraction of sp³-hybridized carbons (Fsp3) is 0.0370. The summed E-state index contributed by atoms with van der Waals surface area (Å²) < 4.78 is 13.0. The fourth-order valence-electron chi connectivity index (χ4n) is 9.39. The largest absolute Gasteiger partial charge is 0.497 e. The molecule has 10 aromatic rings. The molecule has 1 aliphatic heterocycles. The molecule has 0 amide bonds. The van der Waals surface area contributed by atoms with E-state index in [4.69, 9.17) is 9.47 Å². The molecule has 1 heterocycles. The van der Waals surface area contributed by atoms with Crippen LogP contribution in [0.25, 0.3) is 65.3 Å². The Hall–Kier alpha value is -7.16. The normalized spacial score (nSPS) is 13.0. The lowest BCUT2D eigenvalue weighted by atomic mass is 9.60. The van der Waals surface area contributed by atoms with Gasteiger partial charge in [-0.2, -0.15) is 0 Å². The van der Waals surface area contributed by atoms with Crippen molar-refractivity contribution >= 4 is 43.1 Å². The predicted octanol–water partition coefficient (Wildman–Crippen LogP) is 14.1. The molecular formula is C54H36O2. The molecule has 264 valence electrons. The molecule has 2 nitrogen and oxygen atoms in total. The third kappa shape index (κ3) is 4.69. The van der Waals surface area contributed by atoms with Gasteiger partial charge in [-0.05, 0) is 77.8 Å². The molecule has 2 heteroatoms. The number of fused-ring (bicyclic) bond motifs is 12. The Balaban J connectivity index is 1.33. The first-order valence-electron chi connectivity index (χ1n) is 19.2. The molecule has 10 aromatic carbocycles. The smallest absolute Gasteiger partial charge is 0.140 e. The molecule has 0 saturated heterocycles. The maximum absolute atomic E-state index is 7.51. The van der Waals surface area contributed by atoms with Crippen LogP contribution in [-0.4, -0.2) is 7.11 Å². The average Bonchev–Trinajstić information content (AvgIpc) is 3.29. The zero-order chi connectivity index (χ0) is 37.2. The summed E-state index contributed by atoms with van der Waals surface area (Å²) in [5.74, 6) is 2.65. The van der Waals surface area contributed by atoms with E-state index in [0.717, 1.165) is 50.3 Å². The van der Waals surface area contributed by atoms with Crippen LogP contribution in [0.2, 0.25) is 0 Å². The van der Waals surface area contributed by atoms with Gasteiger partial charge < -0.3 is 9.47 Å². The summed E-state index contributed by atoms with van der Waals surface area (Å²) in [6, 6.07) is 72.7. The van der Waals surface area contributed by atoms with Gasteiger partial charge in [-0.3, -0.25) is 0 Å². The number of ether oxygens (including phenoxy) is 2. The van der Waals surface area contributed by atoms with Gasteiger partial charge >= 0.3 is 0 Å². The first kappa shape index (κ1) is 32.3. The van der Waals surface area contributed by atoms with Gasteiger partial charge in [0, 0.05) is 21.9 Å². The third-order valence-corrected chi connectivity index (χ3v) is 11.9. The van der Waals surface area contributed by atoms with Crippen molar-refractivity contribution in [2.45, 2.75) is 5.41 Å². The number of hydrogen-bond acceptors (Lipinski definition) is 2. The van der Waals surface area contributed by atoms with Crippen molar-refractivity contribution < 1.29 is 9.47 Å². The van der Waals surface area contributed by atoms with E-state index in [0.29, 0.717) is 0 Å². The highest BCUT2D eigenvalue weighted by atomic mass is 16.5. The molecule has 11 rings (SSSR count). The average molecular weight is 717 g/mol. The van der Waals surface area contributed by atoms with E-state index in [9.17, 15) is 0 Å². The Morgan fingerprint density at radius 1 is 0.321 bits per heavy atom. The van der Waals surface area contributed by atoms with Crippen LogP contribution in [0.3, 0.4) is 0 Å². The Labute approximate surface area is 325 Å². The topological polar surface area (TPSA) is 18.5 Å². The van der Waals surface area contributed by atoms with Crippen molar-refractivity contribution in [1.82, 2.24) is 0 Å². The molecule has 0 radical (unpaired) electrons. The molecule has 0 aromatic heterocycles. The van der Waals surface area contributed by atoms with Crippen molar-refractivity contribution in [2.75, 3.05) is 7.11 Å². The molecule has 56 heavy (non-hydrogen) atoms. The van der Waals surface area contributed by atoms with E-state index >= 15 is 0 Å². The maximum Gasteiger partial charge on any atom is 0.140 e. The fourth-order valence-corrected chi connectivity index (χ4v) is 9.39. The van der Waals surface area contributed by atoms with Crippen LogP contribution in [0.15, 0.2) is 200 Å². The highest BCUT2D eigenvalue weighted by Crippen LogP contribution is 2.62. The molecule has 0 aliphatic carbocycles. The monoisotopic (exact) mass is 716 g/mol. The zero-order valence-corrected chi connectivity index (χ0v) is 30.9. The SMILES string of the molecule is COc1ccc(-c2ccc(C3(c4ccc(-c5ccccc5)cc4)c4c(c5ccccc5c5ccccc45)Oc4c3c3ccccc3c3ccccc43)cc2)cc1. The van der Waals surface area contributed by atoms with Crippen molar-refractivity contribution in [3.63, 3.8) is 0 Å². The number of methoxy groups -OCH3 is 1. The lowest BCUT2D eigenvalue weighted by Gasteiger charge is -2.44. The number of benzene rings is 10. The summed E-state index contributed by atoms with van der Waals surface area (Å²) in [5, 5.41) is 9.33. The summed E-state index contributed by atoms with van der Waals surface area (Å²) in [6.07, 6.45) is 0. The van der Waals surface area contributed by atoms with Gasteiger partial charge in [0.15, 0.2) is 0 Å². The van der Waals surface area contributed by atoms with Crippen LogP contribution < -0.4 is 9.47 Å². The Kier molecular flexibility index (Phi) is 7.33. The van der Waals surface area contributed by atoms with Crippen LogP contribution >= 0.6 is 0 Å². The van der Waals surface area contributed by atoms with Gasteiger partial charge in [0.1, 0.15) is 17.2 Å².